The first-order chi connectivity index (χ1) is 9.83. The predicted octanol–water partition coefficient (Wildman–Crippen LogP) is 5.21. The third kappa shape index (κ3) is 5.99. The van der Waals surface area contributed by atoms with Crippen LogP contribution in [-0.2, 0) is 4.79 Å². The van der Waals surface area contributed by atoms with E-state index in [1.807, 2.05) is 18.2 Å². The van der Waals surface area contributed by atoms with Crippen molar-refractivity contribution < 1.29 is 9.90 Å². The SMILES string of the molecule is CC(C=CC=CC=CC1=C(C)CCCC1(C)C)=CC(=O)O. The summed E-state index contributed by atoms with van der Waals surface area (Å²) in [6.45, 7) is 8.61. The zero-order valence-electron chi connectivity index (χ0n) is 13.5. The number of carboxylic acids is 1. The Morgan fingerprint density at radius 1 is 1.19 bits per heavy atom. The molecule has 2 nitrogen and oxygen atoms in total. The number of carboxylic acid groups (broad SMARTS) is 1. The lowest BCUT2D eigenvalue weighted by molar-refractivity contribution is -0.131. The maximum Gasteiger partial charge on any atom is 0.328 e. The van der Waals surface area contributed by atoms with Gasteiger partial charge in [0, 0.05) is 6.08 Å². The Kier molecular flexibility index (Phi) is 6.41. The minimum absolute atomic E-state index is 0.267. The zero-order valence-corrected chi connectivity index (χ0v) is 13.5. The van der Waals surface area contributed by atoms with Crippen molar-refractivity contribution in [2.45, 2.75) is 47.0 Å². The average molecular weight is 286 g/mol. The van der Waals surface area contributed by atoms with E-state index in [9.17, 15) is 4.79 Å². The molecule has 0 unspecified atom stereocenters. The van der Waals surface area contributed by atoms with Gasteiger partial charge in [-0.1, -0.05) is 55.9 Å². The molecule has 0 radical (unpaired) electrons. The second kappa shape index (κ2) is 7.82. The molecule has 0 fully saturated rings. The number of aliphatic carboxylic acids is 1. The van der Waals surface area contributed by atoms with E-state index in [2.05, 4.69) is 32.9 Å². The Hall–Kier alpha value is -1.83. The first kappa shape index (κ1) is 17.2. The number of hydrogen-bond acceptors (Lipinski definition) is 1. The Bertz CT molecular complexity index is 526. The van der Waals surface area contributed by atoms with Crippen molar-refractivity contribution in [3.8, 4) is 0 Å². The molecule has 0 heterocycles. The molecule has 0 atom stereocenters. The zero-order chi connectivity index (χ0) is 15.9. The number of carbonyl (C=O) groups is 1. The van der Waals surface area contributed by atoms with Gasteiger partial charge in [-0.25, -0.2) is 4.79 Å². The monoisotopic (exact) mass is 286 g/mol. The molecule has 0 saturated carbocycles. The van der Waals surface area contributed by atoms with Gasteiger partial charge in [-0.15, -0.1) is 0 Å². The topological polar surface area (TPSA) is 37.3 Å². The number of allylic oxidation sites excluding steroid dienone is 9. The average Bonchev–Trinajstić information content (AvgIpc) is 2.34. The van der Waals surface area contributed by atoms with Gasteiger partial charge in [-0.3, -0.25) is 0 Å². The summed E-state index contributed by atoms with van der Waals surface area (Å²) in [7, 11) is 0. The molecule has 0 aromatic heterocycles. The molecular formula is C19H26O2. The molecule has 0 spiro atoms. The number of hydrogen-bond donors (Lipinski definition) is 1. The summed E-state index contributed by atoms with van der Waals surface area (Å²) in [6, 6.07) is 0. The van der Waals surface area contributed by atoms with E-state index in [1.165, 1.54) is 36.5 Å². The molecule has 1 rings (SSSR count). The minimum atomic E-state index is -0.914. The summed E-state index contributed by atoms with van der Waals surface area (Å²) >= 11 is 0. The molecule has 1 aliphatic carbocycles. The predicted molar refractivity (Wildman–Crippen MR) is 89.1 cm³/mol. The first-order valence-electron chi connectivity index (χ1n) is 7.46. The van der Waals surface area contributed by atoms with Crippen LogP contribution in [0.1, 0.15) is 47.0 Å². The van der Waals surface area contributed by atoms with Crippen molar-refractivity contribution in [1.29, 1.82) is 0 Å². The van der Waals surface area contributed by atoms with E-state index in [-0.39, 0.29) is 5.41 Å². The third-order valence-corrected chi connectivity index (χ3v) is 3.85. The lowest BCUT2D eigenvalue weighted by Crippen LogP contribution is -2.18. The van der Waals surface area contributed by atoms with Gasteiger partial charge in [0.15, 0.2) is 0 Å². The molecule has 21 heavy (non-hydrogen) atoms. The summed E-state index contributed by atoms with van der Waals surface area (Å²) in [5, 5.41) is 8.60. The highest BCUT2D eigenvalue weighted by atomic mass is 16.4. The molecule has 1 aliphatic rings. The minimum Gasteiger partial charge on any atom is -0.478 e. The van der Waals surface area contributed by atoms with E-state index in [0.29, 0.717) is 0 Å². The first-order valence-corrected chi connectivity index (χ1v) is 7.46. The molecule has 0 aromatic rings. The largest absolute Gasteiger partial charge is 0.478 e. The van der Waals surface area contributed by atoms with Crippen LogP contribution in [0.3, 0.4) is 0 Å². The summed E-state index contributed by atoms with van der Waals surface area (Å²) in [6.07, 6.45) is 16.7. The van der Waals surface area contributed by atoms with Gasteiger partial charge in [0.25, 0.3) is 0 Å². The Balaban J connectivity index is 2.64. The van der Waals surface area contributed by atoms with Gasteiger partial charge < -0.3 is 5.11 Å². The highest BCUT2D eigenvalue weighted by Crippen LogP contribution is 2.40. The van der Waals surface area contributed by atoms with Crippen LogP contribution in [0.25, 0.3) is 0 Å². The van der Waals surface area contributed by atoms with Crippen molar-refractivity contribution in [3.05, 3.63) is 59.3 Å². The smallest absolute Gasteiger partial charge is 0.328 e. The molecule has 114 valence electrons. The summed E-state index contributed by atoms with van der Waals surface area (Å²) in [5.74, 6) is -0.914. The van der Waals surface area contributed by atoms with E-state index in [4.69, 9.17) is 5.11 Å². The maximum atomic E-state index is 10.5. The van der Waals surface area contributed by atoms with E-state index in [0.717, 1.165) is 5.57 Å². The molecule has 0 aliphatic heterocycles. The quantitative estimate of drug-likeness (QED) is 0.556. The Morgan fingerprint density at radius 2 is 1.86 bits per heavy atom. The lowest BCUT2D eigenvalue weighted by atomic mass is 9.73. The molecular weight excluding hydrogens is 260 g/mol. The van der Waals surface area contributed by atoms with Gasteiger partial charge in [0.05, 0.1) is 0 Å². The van der Waals surface area contributed by atoms with Gasteiger partial charge in [0.2, 0.25) is 0 Å². The Morgan fingerprint density at radius 3 is 2.48 bits per heavy atom. The normalized spacial score (nSPS) is 20.1. The molecule has 0 saturated heterocycles. The van der Waals surface area contributed by atoms with Gasteiger partial charge in [0.1, 0.15) is 0 Å². The second-order valence-corrected chi connectivity index (χ2v) is 6.26. The van der Waals surface area contributed by atoms with Crippen molar-refractivity contribution >= 4 is 5.97 Å². The van der Waals surface area contributed by atoms with Crippen LogP contribution in [-0.4, -0.2) is 11.1 Å². The standard InChI is InChI=1S/C19H26O2/c1-15(14-18(20)21)10-7-5-6-8-12-17-16(2)11-9-13-19(17,3)4/h5-8,10,12,14H,9,11,13H2,1-4H3,(H,20,21). The van der Waals surface area contributed by atoms with E-state index >= 15 is 0 Å². The van der Waals surface area contributed by atoms with Crippen molar-refractivity contribution in [2.24, 2.45) is 5.41 Å². The molecule has 1 N–H and O–H groups in total. The van der Waals surface area contributed by atoms with Crippen molar-refractivity contribution in [2.75, 3.05) is 0 Å². The van der Waals surface area contributed by atoms with Crippen molar-refractivity contribution in [1.82, 2.24) is 0 Å². The van der Waals surface area contributed by atoms with Gasteiger partial charge >= 0.3 is 5.97 Å². The molecule has 0 aromatic carbocycles. The van der Waals surface area contributed by atoms with Crippen LogP contribution in [0.2, 0.25) is 0 Å². The highest BCUT2D eigenvalue weighted by Gasteiger charge is 2.26. The lowest BCUT2D eigenvalue weighted by Gasteiger charge is -2.32. The summed E-state index contributed by atoms with van der Waals surface area (Å²) in [4.78, 5) is 10.5. The maximum absolute atomic E-state index is 10.5. The number of rotatable bonds is 5. The van der Waals surface area contributed by atoms with Crippen LogP contribution in [0.5, 0.6) is 0 Å². The van der Waals surface area contributed by atoms with Crippen LogP contribution >= 0.6 is 0 Å². The third-order valence-electron chi connectivity index (χ3n) is 3.85. The summed E-state index contributed by atoms with van der Waals surface area (Å²) in [5.41, 5.74) is 3.93. The van der Waals surface area contributed by atoms with Crippen LogP contribution in [0.4, 0.5) is 0 Å². The fourth-order valence-electron chi connectivity index (χ4n) is 2.74. The fourth-order valence-corrected chi connectivity index (χ4v) is 2.74. The second-order valence-electron chi connectivity index (χ2n) is 6.26. The van der Waals surface area contributed by atoms with Crippen LogP contribution in [0.15, 0.2) is 59.3 Å². The molecule has 2 heteroatoms. The fraction of sp³-hybridized carbons (Fsp3) is 0.421. The van der Waals surface area contributed by atoms with E-state index in [1.54, 1.807) is 13.0 Å². The van der Waals surface area contributed by atoms with Crippen LogP contribution < -0.4 is 0 Å². The molecule has 0 amide bonds. The summed E-state index contributed by atoms with van der Waals surface area (Å²) < 4.78 is 0. The van der Waals surface area contributed by atoms with Crippen LogP contribution in [0, 0.1) is 5.41 Å². The van der Waals surface area contributed by atoms with E-state index < -0.39 is 5.97 Å². The molecule has 0 bridgehead atoms. The van der Waals surface area contributed by atoms with Crippen molar-refractivity contribution in [3.63, 3.8) is 0 Å². The van der Waals surface area contributed by atoms with Gasteiger partial charge in [-0.05, 0) is 49.7 Å². The Labute approximate surface area is 128 Å². The highest BCUT2D eigenvalue weighted by molar-refractivity contribution is 5.81. The van der Waals surface area contributed by atoms with Gasteiger partial charge in [-0.2, -0.15) is 0 Å².